The van der Waals surface area contributed by atoms with E-state index in [1.165, 1.54) is 0 Å². The number of rotatable bonds is 5. The van der Waals surface area contributed by atoms with E-state index in [4.69, 9.17) is 16.7 Å². The van der Waals surface area contributed by atoms with Crippen LogP contribution < -0.4 is 0 Å². The second kappa shape index (κ2) is 5.83. The van der Waals surface area contributed by atoms with Gasteiger partial charge in [-0.25, -0.2) is 0 Å². The summed E-state index contributed by atoms with van der Waals surface area (Å²) >= 11 is 5.84. The van der Waals surface area contributed by atoms with E-state index >= 15 is 0 Å². The van der Waals surface area contributed by atoms with Crippen LogP contribution in [0.4, 0.5) is 0 Å². The summed E-state index contributed by atoms with van der Waals surface area (Å²) in [5, 5.41) is 9.56. The summed E-state index contributed by atoms with van der Waals surface area (Å²) in [6, 6.07) is 7.56. The highest BCUT2D eigenvalue weighted by atomic mass is 35.5. The molecule has 0 aliphatic heterocycles. The number of nitrogens with zero attached hydrogens (tertiary/aromatic N) is 1. The summed E-state index contributed by atoms with van der Waals surface area (Å²) in [6.45, 7) is 1.96. The van der Waals surface area contributed by atoms with Crippen molar-refractivity contribution in [3.63, 3.8) is 0 Å². The lowest BCUT2D eigenvalue weighted by Crippen LogP contribution is -2.38. The van der Waals surface area contributed by atoms with Crippen molar-refractivity contribution in [3.05, 3.63) is 34.9 Å². The molecule has 0 saturated heterocycles. The van der Waals surface area contributed by atoms with E-state index < -0.39 is 11.9 Å². The first-order valence-corrected chi connectivity index (χ1v) is 7.02. The number of aliphatic carboxylic acids is 1. The van der Waals surface area contributed by atoms with E-state index in [-0.39, 0.29) is 17.9 Å². The van der Waals surface area contributed by atoms with Crippen molar-refractivity contribution >= 4 is 23.5 Å². The molecule has 1 aliphatic rings. The molecule has 4 nitrogen and oxygen atoms in total. The first-order valence-electron chi connectivity index (χ1n) is 6.64. The fraction of sp³-hybridized carbons (Fsp3) is 0.467. The Hall–Kier alpha value is -1.55. The quantitative estimate of drug-likeness (QED) is 0.908. The summed E-state index contributed by atoms with van der Waals surface area (Å²) in [5.74, 6) is -1.78. The Labute approximate surface area is 123 Å². The average Bonchev–Trinajstić information content (AvgIpc) is 3.20. The van der Waals surface area contributed by atoms with Crippen molar-refractivity contribution in [1.29, 1.82) is 0 Å². The van der Waals surface area contributed by atoms with Gasteiger partial charge in [-0.05, 0) is 37.5 Å². The zero-order valence-electron chi connectivity index (χ0n) is 11.5. The number of halogens is 1. The Balaban J connectivity index is 1.92. The predicted octanol–water partition coefficient (Wildman–Crippen LogP) is 2.45. The van der Waals surface area contributed by atoms with E-state index in [2.05, 4.69) is 0 Å². The van der Waals surface area contributed by atoms with E-state index in [1.54, 1.807) is 11.9 Å². The first kappa shape index (κ1) is 14.9. The standard InChI is InChI=1S/C15H18ClNO3/c1-9(7-10-3-5-11(16)6-4-10)17(2)14(18)12-8-13(12)15(19)20/h3-6,9,12-13H,7-8H2,1-2H3,(H,19,20). The smallest absolute Gasteiger partial charge is 0.307 e. The molecule has 0 radical (unpaired) electrons. The van der Waals surface area contributed by atoms with Gasteiger partial charge in [0, 0.05) is 18.1 Å². The summed E-state index contributed by atoms with van der Waals surface area (Å²) in [7, 11) is 1.74. The molecule has 1 amide bonds. The SMILES string of the molecule is CC(Cc1ccc(Cl)cc1)N(C)C(=O)C1CC1C(=O)O. The van der Waals surface area contributed by atoms with Crippen molar-refractivity contribution in [2.24, 2.45) is 11.8 Å². The third kappa shape index (κ3) is 3.31. The van der Waals surface area contributed by atoms with E-state index in [0.29, 0.717) is 11.4 Å². The molecule has 0 aromatic heterocycles. The fourth-order valence-electron chi connectivity index (χ4n) is 2.32. The molecule has 0 spiro atoms. The molecule has 1 N–H and O–H groups in total. The highest BCUT2D eigenvalue weighted by molar-refractivity contribution is 6.30. The van der Waals surface area contributed by atoms with Crippen LogP contribution in [-0.2, 0) is 16.0 Å². The molecular weight excluding hydrogens is 278 g/mol. The summed E-state index contributed by atoms with van der Waals surface area (Å²) in [4.78, 5) is 24.6. The fourth-order valence-corrected chi connectivity index (χ4v) is 2.44. The average molecular weight is 296 g/mol. The molecule has 108 valence electrons. The Bertz CT molecular complexity index is 514. The Morgan fingerprint density at radius 3 is 2.45 bits per heavy atom. The van der Waals surface area contributed by atoms with Crippen molar-refractivity contribution in [2.75, 3.05) is 7.05 Å². The third-order valence-electron chi connectivity index (χ3n) is 3.88. The highest BCUT2D eigenvalue weighted by Gasteiger charge is 2.49. The largest absolute Gasteiger partial charge is 0.481 e. The predicted molar refractivity (Wildman–Crippen MR) is 76.6 cm³/mol. The molecule has 1 saturated carbocycles. The summed E-state index contributed by atoms with van der Waals surface area (Å²) < 4.78 is 0. The molecule has 2 rings (SSSR count). The van der Waals surface area contributed by atoms with Gasteiger partial charge in [-0.15, -0.1) is 0 Å². The minimum atomic E-state index is -0.873. The van der Waals surface area contributed by atoms with Crippen LogP contribution in [0.15, 0.2) is 24.3 Å². The van der Waals surface area contributed by atoms with Crippen molar-refractivity contribution < 1.29 is 14.7 Å². The maximum atomic E-state index is 12.1. The van der Waals surface area contributed by atoms with Crippen LogP contribution in [0.1, 0.15) is 18.9 Å². The Morgan fingerprint density at radius 1 is 1.35 bits per heavy atom. The van der Waals surface area contributed by atoms with Crippen LogP contribution in [0.3, 0.4) is 0 Å². The number of carboxylic acid groups (broad SMARTS) is 1. The van der Waals surface area contributed by atoms with Gasteiger partial charge in [0.1, 0.15) is 0 Å². The van der Waals surface area contributed by atoms with Crippen LogP contribution in [0.25, 0.3) is 0 Å². The number of amides is 1. The van der Waals surface area contributed by atoms with Crippen LogP contribution in [-0.4, -0.2) is 35.0 Å². The molecule has 1 aromatic carbocycles. The van der Waals surface area contributed by atoms with Crippen molar-refractivity contribution in [2.45, 2.75) is 25.8 Å². The number of carboxylic acids is 1. The maximum absolute atomic E-state index is 12.1. The summed E-state index contributed by atoms with van der Waals surface area (Å²) in [6.07, 6.45) is 1.19. The third-order valence-corrected chi connectivity index (χ3v) is 4.13. The lowest BCUT2D eigenvalue weighted by Gasteiger charge is -2.25. The lowest BCUT2D eigenvalue weighted by atomic mass is 10.1. The number of carbonyl (C=O) groups is 2. The molecule has 20 heavy (non-hydrogen) atoms. The molecule has 3 atom stereocenters. The van der Waals surface area contributed by atoms with E-state index in [1.807, 2.05) is 31.2 Å². The normalized spacial score (nSPS) is 22.1. The molecule has 5 heteroatoms. The minimum Gasteiger partial charge on any atom is -0.481 e. The Morgan fingerprint density at radius 2 is 1.95 bits per heavy atom. The van der Waals surface area contributed by atoms with Crippen molar-refractivity contribution in [3.8, 4) is 0 Å². The van der Waals surface area contributed by atoms with Crippen LogP contribution >= 0.6 is 11.6 Å². The molecule has 1 aliphatic carbocycles. The molecule has 3 unspecified atom stereocenters. The van der Waals surface area contributed by atoms with Gasteiger partial charge >= 0.3 is 5.97 Å². The topological polar surface area (TPSA) is 57.6 Å². The maximum Gasteiger partial charge on any atom is 0.307 e. The van der Waals surface area contributed by atoms with Crippen LogP contribution in [0.2, 0.25) is 5.02 Å². The monoisotopic (exact) mass is 295 g/mol. The molecule has 1 fully saturated rings. The van der Waals surface area contributed by atoms with Gasteiger partial charge < -0.3 is 10.0 Å². The summed E-state index contributed by atoms with van der Waals surface area (Å²) in [5.41, 5.74) is 1.10. The van der Waals surface area contributed by atoms with Gasteiger partial charge in [0.15, 0.2) is 0 Å². The first-order chi connectivity index (χ1) is 9.40. The molecule has 0 heterocycles. The Kier molecular flexibility index (Phi) is 4.33. The van der Waals surface area contributed by atoms with E-state index in [9.17, 15) is 9.59 Å². The van der Waals surface area contributed by atoms with Gasteiger partial charge in [0.05, 0.1) is 11.8 Å². The lowest BCUT2D eigenvalue weighted by molar-refractivity contribution is -0.142. The number of benzene rings is 1. The van der Waals surface area contributed by atoms with Crippen LogP contribution in [0.5, 0.6) is 0 Å². The highest BCUT2D eigenvalue weighted by Crippen LogP contribution is 2.40. The van der Waals surface area contributed by atoms with Crippen LogP contribution in [0, 0.1) is 11.8 Å². The second-order valence-electron chi connectivity index (χ2n) is 5.42. The molecule has 0 bridgehead atoms. The number of hydrogen-bond donors (Lipinski definition) is 1. The number of likely N-dealkylation sites (N-methyl/N-ethyl adjacent to an activating group) is 1. The minimum absolute atomic E-state index is 0.0266. The zero-order chi connectivity index (χ0) is 14.9. The van der Waals surface area contributed by atoms with Gasteiger partial charge in [0.2, 0.25) is 5.91 Å². The molecule has 1 aromatic rings. The zero-order valence-corrected chi connectivity index (χ0v) is 12.3. The van der Waals surface area contributed by atoms with Gasteiger partial charge in [-0.2, -0.15) is 0 Å². The van der Waals surface area contributed by atoms with Gasteiger partial charge in [-0.3, -0.25) is 9.59 Å². The number of carbonyl (C=O) groups excluding carboxylic acids is 1. The van der Waals surface area contributed by atoms with Gasteiger partial charge in [-0.1, -0.05) is 23.7 Å². The van der Waals surface area contributed by atoms with Gasteiger partial charge in [0.25, 0.3) is 0 Å². The molecular formula is C15H18ClNO3. The van der Waals surface area contributed by atoms with Crippen molar-refractivity contribution in [1.82, 2.24) is 4.90 Å². The number of hydrogen-bond acceptors (Lipinski definition) is 2. The second-order valence-corrected chi connectivity index (χ2v) is 5.85. The van der Waals surface area contributed by atoms with E-state index in [0.717, 1.165) is 12.0 Å².